The Balaban J connectivity index is 1.92. The molecule has 10 heteroatoms. The highest BCUT2D eigenvalue weighted by molar-refractivity contribution is 6.30. The van der Waals surface area contributed by atoms with Crippen molar-refractivity contribution in [3.8, 4) is 0 Å². The van der Waals surface area contributed by atoms with E-state index in [4.69, 9.17) is 11.6 Å². The summed E-state index contributed by atoms with van der Waals surface area (Å²) in [6.07, 6.45) is -3.48. The van der Waals surface area contributed by atoms with E-state index >= 15 is 0 Å². The molecule has 0 fully saturated rings. The van der Waals surface area contributed by atoms with Crippen LogP contribution in [0.4, 0.5) is 13.2 Å². The van der Waals surface area contributed by atoms with Crippen molar-refractivity contribution in [1.29, 1.82) is 0 Å². The SMILES string of the molecule is Cc1cc(C)n(CCCNC(=O)Cn2cc(C(F)(F)F)cc(Cl)c2=O)n1. The van der Waals surface area contributed by atoms with Crippen LogP contribution in [0, 0.1) is 13.8 Å². The van der Waals surface area contributed by atoms with Gasteiger partial charge < -0.3 is 9.88 Å². The van der Waals surface area contributed by atoms with Gasteiger partial charge in [-0.25, -0.2) is 0 Å². The first-order valence-corrected chi connectivity index (χ1v) is 8.20. The molecule has 0 saturated heterocycles. The fourth-order valence-electron chi connectivity index (χ4n) is 2.44. The van der Waals surface area contributed by atoms with E-state index in [9.17, 15) is 22.8 Å². The Bertz CT molecular complexity index is 858. The van der Waals surface area contributed by atoms with E-state index < -0.39 is 34.8 Å². The minimum Gasteiger partial charge on any atom is -0.354 e. The molecule has 0 radical (unpaired) electrons. The maximum absolute atomic E-state index is 12.8. The topological polar surface area (TPSA) is 68.9 Å². The molecule has 0 bridgehead atoms. The summed E-state index contributed by atoms with van der Waals surface area (Å²) in [5.74, 6) is -0.573. The molecule has 0 aliphatic rings. The van der Waals surface area contributed by atoms with Gasteiger partial charge in [-0.05, 0) is 32.4 Å². The van der Waals surface area contributed by atoms with E-state index in [1.165, 1.54) is 0 Å². The van der Waals surface area contributed by atoms with E-state index in [1.807, 2.05) is 19.9 Å². The molecule has 2 heterocycles. The third-order valence-electron chi connectivity index (χ3n) is 3.66. The van der Waals surface area contributed by atoms with Crippen molar-refractivity contribution in [3.63, 3.8) is 0 Å². The Morgan fingerprint density at radius 3 is 2.58 bits per heavy atom. The Kier molecular flexibility index (Phi) is 6.12. The average molecular weight is 391 g/mol. The number of alkyl halides is 3. The Morgan fingerprint density at radius 2 is 2.00 bits per heavy atom. The van der Waals surface area contributed by atoms with Crippen LogP contribution in [0.5, 0.6) is 0 Å². The van der Waals surface area contributed by atoms with Gasteiger partial charge in [0.1, 0.15) is 11.6 Å². The second-order valence-corrected chi connectivity index (χ2v) is 6.27. The van der Waals surface area contributed by atoms with E-state index in [0.29, 0.717) is 36.3 Å². The summed E-state index contributed by atoms with van der Waals surface area (Å²) < 4.78 is 40.8. The second-order valence-electron chi connectivity index (χ2n) is 5.86. The van der Waals surface area contributed by atoms with Gasteiger partial charge in [-0.2, -0.15) is 18.3 Å². The lowest BCUT2D eigenvalue weighted by Gasteiger charge is -2.12. The molecular formula is C16H18ClF3N4O2. The lowest BCUT2D eigenvalue weighted by Crippen LogP contribution is -2.33. The highest BCUT2D eigenvalue weighted by atomic mass is 35.5. The number of carbonyl (C=O) groups excluding carboxylic acids is 1. The molecule has 142 valence electrons. The molecule has 0 aliphatic carbocycles. The number of halogens is 4. The van der Waals surface area contributed by atoms with E-state index in [1.54, 1.807) is 4.68 Å². The third kappa shape index (κ3) is 5.10. The molecule has 1 N–H and O–H groups in total. The predicted molar refractivity (Wildman–Crippen MR) is 90.0 cm³/mol. The van der Waals surface area contributed by atoms with Crippen LogP contribution in [-0.2, 0) is 24.1 Å². The molecule has 2 aromatic rings. The van der Waals surface area contributed by atoms with Crippen molar-refractivity contribution in [1.82, 2.24) is 19.7 Å². The van der Waals surface area contributed by atoms with Crippen molar-refractivity contribution in [2.45, 2.75) is 39.5 Å². The van der Waals surface area contributed by atoms with Crippen molar-refractivity contribution in [2.24, 2.45) is 0 Å². The number of hydrogen-bond acceptors (Lipinski definition) is 3. The van der Waals surface area contributed by atoms with Crippen molar-refractivity contribution in [2.75, 3.05) is 6.54 Å². The van der Waals surface area contributed by atoms with Crippen LogP contribution >= 0.6 is 11.6 Å². The largest absolute Gasteiger partial charge is 0.417 e. The number of rotatable bonds is 6. The molecular weight excluding hydrogens is 373 g/mol. The highest BCUT2D eigenvalue weighted by Gasteiger charge is 2.32. The molecule has 6 nitrogen and oxygen atoms in total. The summed E-state index contributed by atoms with van der Waals surface area (Å²) in [7, 11) is 0. The Hall–Kier alpha value is -2.29. The number of pyridine rings is 1. The molecule has 1 amide bonds. The molecule has 2 rings (SSSR count). The molecule has 0 spiro atoms. The van der Waals surface area contributed by atoms with Gasteiger partial charge in [0.2, 0.25) is 5.91 Å². The summed E-state index contributed by atoms with van der Waals surface area (Å²) in [4.78, 5) is 23.7. The quantitative estimate of drug-likeness (QED) is 0.771. The summed E-state index contributed by atoms with van der Waals surface area (Å²) in [6, 6.07) is 2.48. The van der Waals surface area contributed by atoms with E-state index in [0.717, 1.165) is 11.4 Å². The number of aryl methyl sites for hydroxylation is 3. The maximum atomic E-state index is 12.8. The summed E-state index contributed by atoms with van der Waals surface area (Å²) in [6.45, 7) is 4.15. The normalized spacial score (nSPS) is 11.6. The van der Waals surface area contributed by atoms with Crippen LogP contribution < -0.4 is 10.9 Å². The van der Waals surface area contributed by atoms with Gasteiger partial charge >= 0.3 is 6.18 Å². The van der Waals surface area contributed by atoms with Gasteiger partial charge in [-0.15, -0.1) is 0 Å². The van der Waals surface area contributed by atoms with Crippen LogP contribution in [0.2, 0.25) is 5.02 Å². The molecule has 26 heavy (non-hydrogen) atoms. The van der Waals surface area contributed by atoms with Gasteiger partial charge in [0.05, 0.1) is 11.3 Å². The van der Waals surface area contributed by atoms with Crippen LogP contribution in [0.25, 0.3) is 0 Å². The number of amides is 1. The van der Waals surface area contributed by atoms with Gasteiger partial charge in [-0.1, -0.05) is 11.6 Å². The van der Waals surface area contributed by atoms with Crippen molar-refractivity contribution < 1.29 is 18.0 Å². The lowest BCUT2D eigenvalue weighted by atomic mass is 10.2. The van der Waals surface area contributed by atoms with E-state index in [2.05, 4.69) is 10.4 Å². The standard InChI is InChI=1S/C16H18ClF3N4O2/c1-10-6-11(2)24(22-10)5-3-4-21-14(25)9-23-8-12(16(18,19)20)7-13(17)15(23)26/h6-8H,3-5,9H2,1-2H3,(H,21,25). The zero-order chi connectivity index (χ0) is 19.5. The number of nitrogens with one attached hydrogen (secondary N) is 1. The van der Waals surface area contributed by atoms with Crippen LogP contribution in [0.15, 0.2) is 23.1 Å². The average Bonchev–Trinajstić information content (AvgIpc) is 2.85. The third-order valence-corrected chi connectivity index (χ3v) is 3.93. The minimum atomic E-state index is -4.66. The second kappa shape index (κ2) is 7.94. The summed E-state index contributed by atoms with van der Waals surface area (Å²) >= 11 is 5.55. The predicted octanol–water partition coefficient (Wildman–Crippen LogP) is 2.54. The van der Waals surface area contributed by atoms with Crippen LogP contribution in [0.3, 0.4) is 0 Å². The number of hydrogen-bond donors (Lipinski definition) is 1. The first-order chi connectivity index (χ1) is 12.1. The van der Waals surface area contributed by atoms with Gasteiger partial charge in [0.15, 0.2) is 0 Å². The smallest absolute Gasteiger partial charge is 0.354 e. The fourth-order valence-corrected chi connectivity index (χ4v) is 2.67. The molecule has 0 atom stereocenters. The zero-order valence-corrected chi connectivity index (χ0v) is 15.0. The molecule has 2 aromatic heterocycles. The number of aromatic nitrogens is 3. The highest BCUT2D eigenvalue weighted by Crippen LogP contribution is 2.29. The Morgan fingerprint density at radius 1 is 1.31 bits per heavy atom. The Labute approximate surface area is 152 Å². The van der Waals surface area contributed by atoms with Gasteiger partial charge in [0.25, 0.3) is 5.56 Å². The number of nitrogens with zero attached hydrogens (tertiary/aromatic N) is 3. The monoisotopic (exact) mass is 390 g/mol. The van der Waals surface area contributed by atoms with Crippen LogP contribution in [-0.4, -0.2) is 26.8 Å². The summed E-state index contributed by atoms with van der Waals surface area (Å²) in [5.41, 5.74) is -0.0387. The number of carbonyl (C=O) groups is 1. The molecule has 0 aliphatic heterocycles. The first-order valence-electron chi connectivity index (χ1n) is 7.83. The van der Waals surface area contributed by atoms with Crippen molar-refractivity contribution >= 4 is 17.5 Å². The van der Waals surface area contributed by atoms with Gasteiger partial charge in [-0.3, -0.25) is 14.3 Å². The molecule has 0 aromatic carbocycles. The van der Waals surface area contributed by atoms with Crippen LogP contribution in [0.1, 0.15) is 23.4 Å². The fraction of sp³-hybridized carbons (Fsp3) is 0.438. The van der Waals surface area contributed by atoms with E-state index in [-0.39, 0.29) is 0 Å². The summed E-state index contributed by atoms with van der Waals surface area (Å²) in [5, 5.41) is 6.27. The lowest BCUT2D eigenvalue weighted by molar-refractivity contribution is -0.138. The minimum absolute atomic E-state index is 0.304. The first kappa shape index (κ1) is 20.0. The zero-order valence-electron chi connectivity index (χ0n) is 14.2. The maximum Gasteiger partial charge on any atom is 0.417 e. The van der Waals surface area contributed by atoms with Gasteiger partial charge in [0, 0.05) is 25.0 Å². The van der Waals surface area contributed by atoms with Crippen molar-refractivity contribution in [3.05, 3.63) is 50.7 Å². The molecule has 0 unspecified atom stereocenters. The molecule has 0 saturated carbocycles.